The molecule has 3 N–H and O–H groups in total. The van der Waals surface area contributed by atoms with Crippen LogP contribution in [-0.2, 0) is 16.1 Å². The van der Waals surface area contributed by atoms with Crippen LogP contribution in [0.3, 0.4) is 0 Å². The predicted molar refractivity (Wildman–Crippen MR) is 82.5 cm³/mol. The monoisotopic (exact) mass is 309 g/mol. The third-order valence-corrected chi connectivity index (χ3v) is 4.32. The molecule has 1 heterocycles. The Bertz CT molecular complexity index is 534. The summed E-state index contributed by atoms with van der Waals surface area (Å²) in [5.74, 6) is 0.0279. The molecule has 2 fully saturated rings. The smallest absolute Gasteiger partial charge is 0.245 e. The number of nitrogens with zero attached hydrogens (tertiary/aromatic N) is 1. The maximum Gasteiger partial charge on any atom is 0.245 e. The minimum atomic E-state index is -0.317. The van der Waals surface area contributed by atoms with Crippen molar-refractivity contribution in [3.8, 4) is 0 Å². The van der Waals surface area contributed by atoms with Crippen molar-refractivity contribution in [2.24, 2.45) is 5.73 Å². The average Bonchev–Trinajstić information content (AvgIpc) is 3.31. The van der Waals surface area contributed by atoms with E-state index in [1.54, 1.807) is 0 Å². The third-order valence-electron chi connectivity index (χ3n) is 3.96. The zero-order valence-corrected chi connectivity index (χ0v) is 12.6. The van der Waals surface area contributed by atoms with Gasteiger partial charge in [-0.1, -0.05) is 17.7 Å². The van der Waals surface area contributed by atoms with E-state index < -0.39 is 0 Å². The zero-order valence-electron chi connectivity index (χ0n) is 11.8. The van der Waals surface area contributed by atoms with Crippen molar-refractivity contribution in [3.05, 3.63) is 28.8 Å². The van der Waals surface area contributed by atoms with E-state index in [1.807, 2.05) is 18.2 Å². The van der Waals surface area contributed by atoms with Crippen LogP contribution >= 0.6 is 11.6 Å². The molecule has 1 aliphatic carbocycles. The van der Waals surface area contributed by atoms with Crippen LogP contribution in [0.2, 0.25) is 5.02 Å². The standard InChI is InChI=1S/C15H20ClN3O2/c16-12-2-1-3-13(11(12)8-17)19-6-7-21-9-14(19)15(20)18-10-4-5-10/h1-3,10,14H,4-9,17H2,(H,18,20). The van der Waals surface area contributed by atoms with Gasteiger partial charge in [-0.2, -0.15) is 0 Å². The highest BCUT2D eigenvalue weighted by molar-refractivity contribution is 6.31. The highest BCUT2D eigenvalue weighted by Crippen LogP contribution is 2.30. The van der Waals surface area contributed by atoms with Crippen LogP contribution in [0, 0.1) is 0 Å². The maximum atomic E-state index is 12.4. The molecule has 0 bridgehead atoms. The molecular weight excluding hydrogens is 290 g/mol. The number of carbonyl (C=O) groups is 1. The summed E-state index contributed by atoms with van der Waals surface area (Å²) >= 11 is 6.23. The largest absolute Gasteiger partial charge is 0.377 e. The second kappa shape index (κ2) is 6.22. The Morgan fingerprint density at radius 2 is 2.29 bits per heavy atom. The number of hydrogen-bond donors (Lipinski definition) is 2. The number of carbonyl (C=O) groups excluding carboxylic acids is 1. The first kappa shape index (κ1) is 14.6. The van der Waals surface area contributed by atoms with Crippen LogP contribution in [0.4, 0.5) is 5.69 Å². The summed E-state index contributed by atoms with van der Waals surface area (Å²) in [7, 11) is 0. The van der Waals surface area contributed by atoms with Gasteiger partial charge in [-0.3, -0.25) is 4.79 Å². The third kappa shape index (κ3) is 3.15. The van der Waals surface area contributed by atoms with Gasteiger partial charge in [-0.15, -0.1) is 0 Å². The van der Waals surface area contributed by atoms with Gasteiger partial charge in [0.2, 0.25) is 5.91 Å². The van der Waals surface area contributed by atoms with Crippen molar-refractivity contribution in [1.82, 2.24) is 5.32 Å². The molecule has 0 spiro atoms. The molecule has 5 nitrogen and oxygen atoms in total. The van der Waals surface area contributed by atoms with Gasteiger partial charge in [-0.25, -0.2) is 0 Å². The van der Waals surface area contributed by atoms with Crippen LogP contribution in [0.25, 0.3) is 0 Å². The maximum absolute atomic E-state index is 12.4. The topological polar surface area (TPSA) is 67.6 Å². The second-order valence-electron chi connectivity index (χ2n) is 5.51. The molecular formula is C15H20ClN3O2. The van der Waals surface area contributed by atoms with Gasteiger partial charge in [0.05, 0.1) is 13.2 Å². The van der Waals surface area contributed by atoms with Gasteiger partial charge < -0.3 is 20.7 Å². The van der Waals surface area contributed by atoms with Gasteiger partial charge in [0.15, 0.2) is 0 Å². The molecule has 2 aliphatic rings. The molecule has 0 aromatic heterocycles. The van der Waals surface area contributed by atoms with Crippen molar-refractivity contribution in [2.75, 3.05) is 24.7 Å². The van der Waals surface area contributed by atoms with E-state index in [4.69, 9.17) is 22.1 Å². The summed E-state index contributed by atoms with van der Waals surface area (Å²) in [6.07, 6.45) is 2.15. The molecule has 1 unspecified atom stereocenters. The molecule has 21 heavy (non-hydrogen) atoms. The van der Waals surface area contributed by atoms with Crippen molar-refractivity contribution in [3.63, 3.8) is 0 Å². The van der Waals surface area contributed by atoms with Crippen LogP contribution in [0.15, 0.2) is 18.2 Å². The van der Waals surface area contributed by atoms with E-state index >= 15 is 0 Å². The van der Waals surface area contributed by atoms with Crippen LogP contribution in [0.1, 0.15) is 18.4 Å². The van der Waals surface area contributed by atoms with Crippen LogP contribution < -0.4 is 16.0 Å². The molecule has 1 amide bonds. The average molecular weight is 310 g/mol. The fourth-order valence-electron chi connectivity index (χ4n) is 2.65. The Hall–Kier alpha value is -1.30. The lowest BCUT2D eigenvalue weighted by Gasteiger charge is -2.37. The van der Waals surface area contributed by atoms with Crippen molar-refractivity contribution < 1.29 is 9.53 Å². The quantitative estimate of drug-likeness (QED) is 0.879. The molecule has 3 rings (SSSR count). The molecule has 1 saturated carbocycles. The van der Waals surface area contributed by atoms with Crippen molar-refractivity contribution in [1.29, 1.82) is 0 Å². The first-order valence-corrected chi connectivity index (χ1v) is 7.70. The number of nitrogens with two attached hydrogens (primary N) is 1. The number of hydrogen-bond acceptors (Lipinski definition) is 4. The van der Waals surface area contributed by atoms with E-state index in [2.05, 4.69) is 10.2 Å². The number of morpholine rings is 1. The predicted octanol–water partition coefficient (Wildman–Crippen LogP) is 1.28. The normalized spacial score (nSPS) is 22.2. The summed E-state index contributed by atoms with van der Waals surface area (Å²) in [5, 5.41) is 3.69. The van der Waals surface area contributed by atoms with Gasteiger partial charge >= 0.3 is 0 Å². The van der Waals surface area contributed by atoms with Gasteiger partial charge in [0.25, 0.3) is 0 Å². The summed E-state index contributed by atoms with van der Waals surface area (Å²) in [4.78, 5) is 14.5. The lowest BCUT2D eigenvalue weighted by atomic mass is 10.1. The molecule has 1 atom stereocenters. The van der Waals surface area contributed by atoms with Gasteiger partial charge in [-0.05, 0) is 25.0 Å². The number of rotatable bonds is 4. The van der Waals surface area contributed by atoms with Crippen molar-refractivity contribution >= 4 is 23.2 Å². The van der Waals surface area contributed by atoms with E-state index in [-0.39, 0.29) is 11.9 Å². The van der Waals surface area contributed by atoms with E-state index in [1.165, 1.54) is 0 Å². The van der Waals surface area contributed by atoms with Crippen molar-refractivity contribution in [2.45, 2.75) is 31.5 Å². The first-order chi connectivity index (χ1) is 10.2. The number of halogens is 1. The zero-order chi connectivity index (χ0) is 14.8. The molecule has 1 aromatic rings. The lowest BCUT2D eigenvalue weighted by Crippen LogP contribution is -2.54. The Morgan fingerprint density at radius 3 is 3.00 bits per heavy atom. The minimum Gasteiger partial charge on any atom is -0.377 e. The Kier molecular flexibility index (Phi) is 4.33. The summed E-state index contributed by atoms with van der Waals surface area (Å²) < 4.78 is 5.49. The fraction of sp³-hybridized carbons (Fsp3) is 0.533. The number of anilines is 1. The Balaban J connectivity index is 1.86. The second-order valence-corrected chi connectivity index (χ2v) is 5.92. The molecule has 1 aliphatic heterocycles. The summed E-state index contributed by atoms with van der Waals surface area (Å²) in [6, 6.07) is 5.71. The number of amides is 1. The molecule has 114 valence electrons. The fourth-order valence-corrected chi connectivity index (χ4v) is 2.90. The van der Waals surface area contributed by atoms with Gasteiger partial charge in [0.1, 0.15) is 6.04 Å². The van der Waals surface area contributed by atoms with E-state index in [0.29, 0.717) is 37.4 Å². The number of ether oxygens (including phenoxy) is 1. The lowest BCUT2D eigenvalue weighted by molar-refractivity contribution is -0.124. The molecule has 1 saturated heterocycles. The molecule has 0 radical (unpaired) electrons. The van der Waals surface area contributed by atoms with E-state index in [0.717, 1.165) is 24.1 Å². The Morgan fingerprint density at radius 1 is 1.48 bits per heavy atom. The van der Waals surface area contributed by atoms with Crippen LogP contribution in [-0.4, -0.2) is 37.7 Å². The van der Waals surface area contributed by atoms with Gasteiger partial charge in [0, 0.05) is 35.4 Å². The summed E-state index contributed by atoms with van der Waals surface area (Å²) in [6.45, 7) is 2.01. The highest BCUT2D eigenvalue weighted by atomic mass is 35.5. The highest BCUT2D eigenvalue weighted by Gasteiger charge is 2.34. The van der Waals surface area contributed by atoms with E-state index in [9.17, 15) is 4.79 Å². The Labute approximate surface area is 129 Å². The SMILES string of the molecule is NCc1c(Cl)cccc1N1CCOCC1C(=O)NC1CC1. The number of nitrogens with one attached hydrogen (secondary N) is 1. The van der Waals surface area contributed by atoms with Crippen LogP contribution in [0.5, 0.6) is 0 Å². The first-order valence-electron chi connectivity index (χ1n) is 7.33. The summed E-state index contributed by atoms with van der Waals surface area (Å²) in [5.41, 5.74) is 7.64. The molecule has 6 heteroatoms. The number of benzene rings is 1. The minimum absolute atomic E-state index is 0.0279. The molecule has 1 aromatic carbocycles.